The molecule has 0 aliphatic carbocycles. The molecule has 20 heavy (non-hydrogen) atoms. The average molecular weight is 272 g/mol. The van der Waals surface area contributed by atoms with Gasteiger partial charge in [-0.05, 0) is 20.8 Å². The van der Waals surface area contributed by atoms with Gasteiger partial charge in [0.2, 0.25) is 0 Å². The number of nitrogens with zero attached hydrogens (tertiary/aromatic N) is 5. The number of rotatable bonds is 3. The van der Waals surface area contributed by atoms with Crippen LogP contribution >= 0.6 is 0 Å². The molecule has 0 amide bonds. The molecule has 0 fully saturated rings. The van der Waals surface area contributed by atoms with Crippen molar-refractivity contribution >= 4 is 16.9 Å². The lowest BCUT2D eigenvalue weighted by Gasteiger charge is -2.19. The van der Waals surface area contributed by atoms with E-state index >= 15 is 0 Å². The summed E-state index contributed by atoms with van der Waals surface area (Å²) in [5, 5.41) is 12.4. The quantitative estimate of drug-likeness (QED) is 0.787. The van der Waals surface area contributed by atoms with E-state index in [1.54, 1.807) is 12.5 Å². The summed E-state index contributed by atoms with van der Waals surface area (Å²) in [7, 11) is 0. The molecular weight excluding hydrogens is 256 g/mol. The smallest absolute Gasteiger partial charge is 0.163 e. The van der Waals surface area contributed by atoms with Gasteiger partial charge in [0.15, 0.2) is 5.65 Å². The maximum atomic E-state index is 4.80. The van der Waals surface area contributed by atoms with Gasteiger partial charge in [-0.1, -0.05) is 5.16 Å². The van der Waals surface area contributed by atoms with E-state index in [0.717, 1.165) is 22.5 Å². The fourth-order valence-electron chi connectivity index (χ4n) is 1.98. The van der Waals surface area contributed by atoms with E-state index in [1.807, 2.05) is 10.7 Å². The summed E-state index contributed by atoms with van der Waals surface area (Å²) in [5.41, 5.74) is 1.51. The van der Waals surface area contributed by atoms with E-state index < -0.39 is 0 Å². The number of nitrogens with one attached hydrogen (secondary N) is 1. The molecule has 104 valence electrons. The molecule has 0 saturated heterocycles. The van der Waals surface area contributed by atoms with Crippen LogP contribution < -0.4 is 5.32 Å². The van der Waals surface area contributed by atoms with Gasteiger partial charge >= 0.3 is 0 Å². The van der Waals surface area contributed by atoms with E-state index in [-0.39, 0.29) is 5.54 Å². The van der Waals surface area contributed by atoms with Crippen molar-refractivity contribution in [2.24, 2.45) is 0 Å². The summed E-state index contributed by atoms with van der Waals surface area (Å²) in [5.74, 6) is 0.744. The Kier molecular flexibility index (Phi) is 2.89. The minimum atomic E-state index is -0.126. The second kappa shape index (κ2) is 4.59. The SMILES string of the molecule is CC(C)(C)n1ncc2c(NCc3ccon3)ncnc21. The van der Waals surface area contributed by atoms with E-state index in [0.29, 0.717) is 6.54 Å². The Morgan fingerprint density at radius 1 is 1.30 bits per heavy atom. The summed E-state index contributed by atoms with van der Waals surface area (Å²) in [6, 6.07) is 1.81. The highest BCUT2D eigenvalue weighted by Crippen LogP contribution is 2.24. The van der Waals surface area contributed by atoms with Gasteiger partial charge in [0.05, 0.1) is 23.7 Å². The van der Waals surface area contributed by atoms with Crippen molar-refractivity contribution in [2.45, 2.75) is 32.9 Å². The Morgan fingerprint density at radius 3 is 2.85 bits per heavy atom. The van der Waals surface area contributed by atoms with Crippen LogP contribution in [-0.2, 0) is 12.1 Å². The van der Waals surface area contributed by atoms with E-state index in [4.69, 9.17) is 4.52 Å². The fraction of sp³-hybridized carbons (Fsp3) is 0.385. The molecule has 3 rings (SSSR count). The molecule has 0 aromatic carbocycles. The Labute approximate surface area is 116 Å². The Hall–Kier alpha value is -2.44. The zero-order valence-corrected chi connectivity index (χ0v) is 11.7. The molecule has 3 aromatic rings. The van der Waals surface area contributed by atoms with E-state index in [1.165, 1.54) is 6.33 Å². The molecule has 0 radical (unpaired) electrons. The van der Waals surface area contributed by atoms with Crippen LogP contribution in [0.3, 0.4) is 0 Å². The number of fused-ring (bicyclic) bond motifs is 1. The Bertz CT molecular complexity index is 710. The lowest BCUT2D eigenvalue weighted by Crippen LogP contribution is -2.23. The first-order valence-corrected chi connectivity index (χ1v) is 6.38. The van der Waals surface area contributed by atoms with E-state index in [9.17, 15) is 0 Å². The maximum absolute atomic E-state index is 4.80. The summed E-state index contributed by atoms with van der Waals surface area (Å²) >= 11 is 0. The van der Waals surface area contributed by atoms with Crippen molar-refractivity contribution < 1.29 is 4.52 Å². The third-order valence-electron chi connectivity index (χ3n) is 2.93. The predicted octanol–water partition coefficient (Wildman–Crippen LogP) is 2.18. The minimum Gasteiger partial charge on any atom is -0.364 e. The molecule has 0 aliphatic heterocycles. The van der Waals surface area contributed by atoms with Crippen molar-refractivity contribution in [1.82, 2.24) is 24.9 Å². The van der Waals surface area contributed by atoms with Gasteiger partial charge in [-0.2, -0.15) is 5.10 Å². The number of hydrogen-bond acceptors (Lipinski definition) is 6. The first kappa shape index (κ1) is 12.6. The van der Waals surface area contributed by atoms with Gasteiger partial charge in [0.1, 0.15) is 24.1 Å². The lowest BCUT2D eigenvalue weighted by molar-refractivity contribution is 0.366. The monoisotopic (exact) mass is 272 g/mol. The zero-order valence-electron chi connectivity index (χ0n) is 11.7. The van der Waals surface area contributed by atoms with Crippen molar-refractivity contribution in [2.75, 3.05) is 5.32 Å². The van der Waals surface area contributed by atoms with Crippen LogP contribution in [0.1, 0.15) is 26.5 Å². The van der Waals surface area contributed by atoms with Crippen LogP contribution in [-0.4, -0.2) is 24.9 Å². The fourth-order valence-corrected chi connectivity index (χ4v) is 1.98. The lowest BCUT2D eigenvalue weighted by atomic mass is 10.1. The van der Waals surface area contributed by atoms with E-state index in [2.05, 4.69) is 46.3 Å². The third-order valence-corrected chi connectivity index (χ3v) is 2.93. The molecular formula is C13H16N6O. The standard InChI is InChI=1S/C13H16N6O/c1-13(2,3)19-12-10(7-17-19)11(15-8-16-12)14-6-9-4-5-20-18-9/h4-5,7-8H,6H2,1-3H3,(H,14,15,16). The average Bonchev–Trinajstić information content (AvgIpc) is 3.04. The second-order valence-electron chi connectivity index (χ2n) is 5.53. The van der Waals surface area contributed by atoms with Crippen LogP contribution in [0.4, 0.5) is 5.82 Å². The van der Waals surface area contributed by atoms with Gasteiger partial charge < -0.3 is 9.84 Å². The van der Waals surface area contributed by atoms with Gasteiger partial charge in [0, 0.05) is 6.07 Å². The number of hydrogen-bond donors (Lipinski definition) is 1. The molecule has 3 aromatic heterocycles. The summed E-state index contributed by atoms with van der Waals surface area (Å²) in [6.45, 7) is 6.81. The van der Waals surface area contributed by atoms with Crippen LogP contribution in [0.15, 0.2) is 29.4 Å². The molecule has 0 unspecified atom stereocenters. The second-order valence-corrected chi connectivity index (χ2v) is 5.53. The molecule has 7 heteroatoms. The summed E-state index contributed by atoms with van der Waals surface area (Å²) in [6.07, 6.45) is 4.87. The highest BCUT2D eigenvalue weighted by Gasteiger charge is 2.19. The highest BCUT2D eigenvalue weighted by molar-refractivity contribution is 5.86. The van der Waals surface area contributed by atoms with Gasteiger partial charge in [-0.3, -0.25) is 0 Å². The van der Waals surface area contributed by atoms with Gasteiger partial charge in [-0.15, -0.1) is 0 Å². The first-order valence-electron chi connectivity index (χ1n) is 6.38. The first-order chi connectivity index (χ1) is 9.55. The normalized spacial score (nSPS) is 11.9. The minimum absolute atomic E-state index is 0.126. The molecule has 7 nitrogen and oxygen atoms in total. The van der Waals surface area contributed by atoms with Crippen molar-refractivity contribution in [3.63, 3.8) is 0 Å². The zero-order chi connectivity index (χ0) is 14.2. The molecule has 3 heterocycles. The summed E-state index contributed by atoms with van der Waals surface area (Å²) in [4.78, 5) is 8.60. The number of aromatic nitrogens is 5. The summed E-state index contributed by atoms with van der Waals surface area (Å²) < 4.78 is 6.69. The molecule has 0 saturated carbocycles. The Balaban J connectivity index is 1.94. The maximum Gasteiger partial charge on any atom is 0.163 e. The van der Waals surface area contributed by atoms with Crippen molar-refractivity contribution in [3.8, 4) is 0 Å². The van der Waals surface area contributed by atoms with Crippen LogP contribution in [0.25, 0.3) is 11.0 Å². The van der Waals surface area contributed by atoms with Crippen molar-refractivity contribution in [3.05, 3.63) is 30.5 Å². The largest absolute Gasteiger partial charge is 0.364 e. The molecule has 0 aliphatic rings. The molecule has 0 atom stereocenters. The number of anilines is 1. The van der Waals surface area contributed by atoms with Crippen LogP contribution in [0.5, 0.6) is 0 Å². The van der Waals surface area contributed by atoms with Crippen LogP contribution in [0, 0.1) is 0 Å². The molecule has 0 spiro atoms. The molecule has 1 N–H and O–H groups in total. The van der Waals surface area contributed by atoms with Gasteiger partial charge in [-0.25, -0.2) is 14.6 Å². The van der Waals surface area contributed by atoms with Crippen LogP contribution in [0.2, 0.25) is 0 Å². The highest BCUT2D eigenvalue weighted by atomic mass is 16.5. The third kappa shape index (κ3) is 2.22. The van der Waals surface area contributed by atoms with Crippen molar-refractivity contribution in [1.29, 1.82) is 0 Å². The predicted molar refractivity (Wildman–Crippen MR) is 74.1 cm³/mol. The van der Waals surface area contributed by atoms with Gasteiger partial charge in [0.25, 0.3) is 0 Å². The Morgan fingerprint density at radius 2 is 2.15 bits per heavy atom. The topological polar surface area (TPSA) is 81.7 Å². The molecule has 0 bridgehead atoms.